The van der Waals surface area contributed by atoms with Crippen molar-refractivity contribution in [2.45, 2.75) is 13.8 Å². The van der Waals surface area contributed by atoms with Gasteiger partial charge in [-0.3, -0.25) is 0 Å². The van der Waals surface area contributed by atoms with Crippen molar-refractivity contribution in [3.63, 3.8) is 0 Å². The zero-order chi connectivity index (χ0) is 15.2. The Balaban J connectivity index is 2.63. The topological polar surface area (TPSA) is 73.2 Å². The standard InChI is InChI=1S/C13H18FN3O2S/c1-3-17(4-2)20(18,19)8-7-16-13-6-5-11(10-15)9-12(13)14/h5-6,9,16H,3-4,7-8H2,1-2H3. The van der Waals surface area contributed by atoms with E-state index in [4.69, 9.17) is 5.26 Å². The first-order chi connectivity index (χ1) is 9.44. The van der Waals surface area contributed by atoms with E-state index in [1.807, 2.05) is 6.07 Å². The Bertz CT molecular complexity index is 592. The Morgan fingerprint density at radius 2 is 2.00 bits per heavy atom. The molecule has 0 atom stereocenters. The van der Waals surface area contributed by atoms with Crippen LogP contribution in [0.5, 0.6) is 0 Å². The number of hydrogen-bond acceptors (Lipinski definition) is 4. The van der Waals surface area contributed by atoms with E-state index in [-0.39, 0.29) is 23.5 Å². The van der Waals surface area contributed by atoms with Crippen molar-refractivity contribution in [2.75, 3.05) is 30.7 Å². The summed E-state index contributed by atoms with van der Waals surface area (Å²) < 4.78 is 38.8. The van der Waals surface area contributed by atoms with Gasteiger partial charge in [0.25, 0.3) is 0 Å². The highest BCUT2D eigenvalue weighted by atomic mass is 32.2. The Morgan fingerprint density at radius 3 is 2.50 bits per heavy atom. The third-order valence-corrected chi connectivity index (χ3v) is 4.90. The van der Waals surface area contributed by atoms with Crippen LogP contribution >= 0.6 is 0 Å². The van der Waals surface area contributed by atoms with Crippen molar-refractivity contribution in [1.29, 1.82) is 5.26 Å². The molecular formula is C13H18FN3O2S. The van der Waals surface area contributed by atoms with E-state index in [0.29, 0.717) is 13.1 Å². The zero-order valence-corrected chi connectivity index (χ0v) is 12.4. The van der Waals surface area contributed by atoms with Crippen molar-refractivity contribution in [3.05, 3.63) is 29.6 Å². The summed E-state index contributed by atoms with van der Waals surface area (Å²) in [6.07, 6.45) is 0. The third-order valence-electron chi connectivity index (χ3n) is 2.87. The lowest BCUT2D eigenvalue weighted by atomic mass is 10.2. The van der Waals surface area contributed by atoms with Gasteiger partial charge in [-0.2, -0.15) is 5.26 Å². The minimum atomic E-state index is -3.32. The molecule has 20 heavy (non-hydrogen) atoms. The average Bonchev–Trinajstić information content (AvgIpc) is 2.41. The van der Waals surface area contributed by atoms with Gasteiger partial charge in [-0.05, 0) is 18.2 Å². The van der Waals surface area contributed by atoms with Crippen LogP contribution in [0.4, 0.5) is 10.1 Å². The molecule has 7 heteroatoms. The van der Waals surface area contributed by atoms with Crippen molar-refractivity contribution in [2.24, 2.45) is 0 Å². The quantitative estimate of drug-likeness (QED) is 0.833. The summed E-state index contributed by atoms with van der Waals surface area (Å²) in [5.41, 5.74) is 0.419. The summed E-state index contributed by atoms with van der Waals surface area (Å²) >= 11 is 0. The normalized spacial score (nSPS) is 11.3. The number of nitriles is 1. The maximum atomic E-state index is 13.6. The molecule has 0 saturated carbocycles. The van der Waals surface area contributed by atoms with Crippen LogP contribution in [0.15, 0.2) is 18.2 Å². The van der Waals surface area contributed by atoms with Crippen LogP contribution in [-0.2, 0) is 10.0 Å². The Kier molecular flexibility index (Phi) is 5.92. The molecular weight excluding hydrogens is 281 g/mol. The van der Waals surface area contributed by atoms with E-state index in [2.05, 4.69) is 5.32 Å². The lowest BCUT2D eigenvalue weighted by Crippen LogP contribution is -2.34. The minimum absolute atomic E-state index is 0.103. The Morgan fingerprint density at radius 1 is 1.35 bits per heavy atom. The number of hydrogen-bond donors (Lipinski definition) is 1. The smallest absolute Gasteiger partial charge is 0.215 e. The lowest BCUT2D eigenvalue weighted by molar-refractivity contribution is 0.445. The predicted molar refractivity (Wildman–Crippen MR) is 76.3 cm³/mol. The highest BCUT2D eigenvalue weighted by molar-refractivity contribution is 7.89. The number of nitrogens with zero attached hydrogens (tertiary/aromatic N) is 2. The molecule has 5 nitrogen and oxygen atoms in total. The van der Waals surface area contributed by atoms with Gasteiger partial charge in [-0.1, -0.05) is 13.8 Å². The van der Waals surface area contributed by atoms with Crippen molar-refractivity contribution >= 4 is 15.7 Å². The van der Waals surface area contributed by atoms with E-state index in [0.717, 1.165) is 6.07 Å². The van der Waals surface area contributed by atoms with Crippen LogP contribution < -0.4 is 5.32 Å². The first-order valence-electron chi connectivity index (χ1n) is 6.36. The molecule has 0 saturated heterocycles. The van der Waals surface area contributed by atoms with E-state index >= 15 is 0 Å². The summed E-state index contributed by atoms with van der Waals surface area (Å²) in [6, 6.07) is 5.85. The molecule has 0 heterocycles. The van der Waals surface area contributed by atoms with Gasteiger partial charge >= 0.3 is 0 Å². The largest absolute Gasteiger partial charge is 0.382 e. The second kappa shape index (κ2) is 7.22. The second-order valence-electron chi connectivity index (χ2n) is 4.13. The summed E-state index contributed by atoms with van der Waals surface area (Å²) in [6.45, 7) is 4.50. The molecule has 1 aromatic carbocycles. The Labute approximate surface area is 119 Å². The molecule has 0 fully saturated rings. The summed E-state index contributed by atoms with van der Waals surface area (Å²) in [5.74, 6) is -0.669. The van der Waals surface area contributed by atoms with Crippen LogP contribution in [0.1, 0.15) is 19.4 Å². The van der Waals surface area contributed by atoms with Crippen molar-refractivity contribution in [1.82, 2.24) is 4.31 Å². The predicted octanol–water partition coefficient (Wildman–Crippen LogP) is 1.78. The fourth-order valence-corrected chi connectivity index (χ4v) is 3.19. The van der Waals surface area contributed by atoms with Gasteiger partial charge in [-0.15, -0.1) is 0 Å². The summed E-state index contributed by atoms with van der Waals surface area (Å²) in [5, 5.41) is 11.4. The molecule has 0 aliphatic carbocycles. The van der Waals surface area contributed by atoms with Gasteiger partial charge < -0.3 is 5.32 Å². The molecule has 0 aliphatic rings. The third kappa shape index (κ3) is 4.18. The number of benzene rings is 1. The molecule has 0 aliphatic heterocycles. The van der Waals surface area contributed by atoms with Crippen LogP contribution in [0.2, 0.25) is 0 Å². The van der Waals surface area contributed by atoms with Gasteiger partial charge in [0.2, 0.25) is 10.0 Å². The fraction of sp³-hybridized carbons (Fsp3) is 0.462. The van der Waals surface area contributed by atoms with Crippen LogP contribution in [-0.4, -0.2) is 38.1 Å². The summed E-state index contributed by atoms with van der Waals surface area (Å²) in [4.78, 5) is 0. The van der Waals surface area contributed by atoms with E-state index in [1.165, 1.54) is 16.4 Å². The number of halogens is 1. The van der Waals surface area contributed by atoms with E-state index in [9.17, 15) is 12.8 Å². The molecule has 0 spiro atoms. The highest BCUT2D eigenvalue weighted by Gasteiger charge is 2.18. The molecule has 0 unspecified atom stereocenters. The molecule has 1 N–H and O–H groups in total. The zero-order valence-electron chi connectivity index (χ0n) is 11.6. The minimum Gasteiger partial charge on any atom is -0.382 e. The van der Waals surface area contributed by atoms with Crippen molar-refractivity contribution < 1.29 is 12.8 Å². The maximum absolute atomic E-state index is 13.6. The van der Waals surface area contributed by atoms with Gasteiger partial charge in [0.1, 0.15) is 5.82 Å². The maximum Gasteiger partial charge on any atom is 0.215 e. The molecule has 0 amide bonds. The van der Waals surface area contributed by atoms with Gasteiger partial charge in [-0.25, -0.2) is 17.1 Å². The van der Waals surface area contributed by atoms with Gasteiger partial charge in [0.05, 0.1) is 23.1 Å². The monoisotopic (exact) mass is 299 g/mol. The first kappa shape index (κ1) is 16.4. The SMILES string of the molecule is CCN(CC)S(=O)(=O)CCNc1ccc(C#N)cc1F. The summed E-state index contributed by atoms with van der Waals surface area (Å²) in [7, 11) is -3.32. The fourth-order valence-electron chi connectivity index (χ4n) is 1.79. The first-order valence-corrected chi connectivity index (χ1v) is 7.96. The van der Waals surface area contributed by atoms with Crippen LogP contribution in [0.3, 0.4) is 0 Å². The van der Waals surface area contributed by atoms with Crippen LogP contribution in [0.25, 0.3) is 0 Å². The molecule has 0 bridgehead atoms. The number of nitrogens with one attached hydrogen (secondary N) is 1. The number of anilines is 1. The number of rotatable bonds is 7. The number of sulfonamides is 1. The van der Waals surface area contributed by atoms with Gasteiger partial charge in [0, 0.05) is 19.6 Å². The molecule has 110 valence electrons. The van der Waals surface area contributed by atoms with Crippen LogP contribution in [0, 0.1) is 17.1 Å². The lowest BCUT2D eigenvalue weighted by Gasteiger charge is -2.18. The van der Waals surface area contributed by atoms with E-state index < -0.39 is 15.8 Å². The van der Waals surface area contributed by atoms with Crippen molar-refractivity contribution in [3.8, 4) is 6.07 Å². The molecule has 1 rings (SSSR count). The van der Waals surface area contributed by atoms with E-state index in [1.54, 1.807) is 13.8 Å². The molecule has 1 aromatic rings. The molecule has 0 aromatic heterocycles. The van der Waals surface area contributed by atoms with Gasteiger partial charge in [0.15, 0.2) is 0 Å². The average molecular weight is 299 g/mol. The highest BCUT2D eigenvalue weighted by Crippen LogP contribution is 2.15. The second-order valence-corrected chi connectivity index (χ2v) is 6.22. The molecule has 0 radical (unpaired) electrons. The Hall–Kier alpha value is -1.65.